The Balaban J connectivity index is 1.63. The fourth-order valence-electron chi connectivity index (χ4n) is 3.07. The van der Waals surface area contributed by atoms with Crippen molar-refractivity contribution in [1.82, 2.24) is 9.88 Å². The lowest BCUT2D eigenvalue weighted by atomic mass is 10.1. The first kappa shape index (κ1) is 14.8. The van der Waals surface area contributed by atoms with E-state index in [1.54, 1.807) is 6.20 Å². The van der Waals surface area contributed by atoms with E-state index in [2.05, 4.69) is 11.9 Å². The molecule has 0 N–H and O–H groups in total. The second kappa shape index (κ2) is 6.77. The molecule has 3 rings (SSSR count). The van der Waals surface area contributed by atoms with Gasteiger partial charge < -0.3 is 9.32 Å². The van der Waals surface area contributed by atoms with Gasteiger partial charge in [0.25, 0.3) is 0 Å². The largest absolute Gasteiger partial charge is 0.464 e. The maximum atomic E-state index is 12.5. The number of hydrogen-bond acceptors (Lipinski definition) is 3. The Morgan fingerprint density at radius 1 is 1.41 bits per heavy atom. The van der Waals surface area contributed by atoms with E-state index in [1.165, 1.54) is 0 Å². The van der Waals surface area contributed by atoms with Crippen molar-refractivity contribution in [3.63, 3.8) is 0 Å². The van der Waals surface area contributed by atoms with Gasteiger partial charge in [0.15, 0.2) is 0 Å². The van der Waals surface area contributed by atoms with Crippen LogP contribution in [0.25, 0.3) is 0 Å². The van der Waals surface area contributed by atoms with Gasteiger partial charge in [-0.25, -0.2) is 0 Å². The number of carbonyl (C=O) groups is 1. The number of nitrogens with zero attached hydrogens (tertiary/aromatic N) is 2. The minimum absolute atomic E-state index is 0.113. The number of carbonyl (C=O) groups excluding carboxylic acids is 1. The summed E-state index contributed by atoms with van der Waals surface area (Å²) in [6.45, 7) is 2.91. The van der Waals surface area contributed by atoms with E-state index in [1.807, 2.05) is 35.4 Å². The molecule has 22 heavy (non-hydrogen) atoms. The Morgan fingerprint density at radius 3 is 3.05 bits per heavy atom. The Labute approximate surface area is 131 Å². The lowest BCUT2D eigenvalue weighted by molar-refractivity contribution is -0.132. The standard InChI is InChI=1S/C18H22N2O2/c1-2-15-8-9-17(22-15)16-6-4-12-20(16)18(21)10-7-14-5-3-11-19-13-14/h3,5,8-9,11,13,16H,2,4,6-7,10,12H2,1H3/t16-/m0/s1. The summed E-state index contributed by atoms with van der Waals surface area (Å²) in [5, 5.41) is 0. The van der Waals surface area contributed by atoms with Crippen LogP contribution in [0.4, 0.5) is 0 Å². The molecule has 1 atom stereocenters. The number of pyridine rings is 1. The Morgan fingerprint density at radius 2 is 2.32 bits per heavy atom. The summed E-state index contributed by atoms with van der Waals surface area (Å²) in [5.74, 6) is 2.13. The number of rotatable bonds is 5. The highest BCUT2D eigenvalue weighted by Gasteiger charge is 2.31. The zero-order valence-electron chi connectivity index (χ0n) is 13.0. The molecule has 1 saturated heterocycles. The molecule has 2 aromatic rings. The Hall–Kier alpha value is -2.10. The molecule has 4 nitrogen and oxygen atoms in total. The van der Waals surface area contributed by atoms with Gasteiger partial charge in [0, 0.05) is 31.8 Å². The van der Waals surface area contributed by atoms with Gasteiger partial charge >= 0.3 is 0 Å². The van der Waals surface area contributed by atoms with Gasteiger partial charge in [0.05, 0.1) is 6.04 Å². The topological polar surface area (TPSA) is 46.3 Å². The molecule has 4 heteroatoms. The van der Waals surface area contributed by atoms with Crippen molar-refractivity contribution in [1.29, 1.82) is 0 Å². The molecule has 2 aromatic heterocycles. The fraction of sp³-hybridized carbons (Fsp3) is 0.444. The van der Waals surface area contributed by atoms with Crippen molar-refractivity contribution < 1.29 is 9.21 Å². The van der Waals surface area contributed by atoms with E-state index in [4.69, 9.17) is 4.42 Å². The SMILES string of the molecule is CCc1ccc([C@@H]2CCCN2C(=O)CCc2cccnc2)o1. The summed E-state index contributed by atoms with van der Waals surface area (Å²) in [7, 11) is 0. The van der Waals surface area contributed by atoms with Crippen molar-refractivity contribution in [2.24, 2.45) is 0 Å². The predicted molar refractivity (Wildman–Crippen MR) is 84.3 cm³/mol. The van der Waals surface area contributed by atoms with Crippen LogP contribution >= 0.6 is 0 Å². The van der Waals surface area contributed by atoms with Crippen LogP contribution in [0, 0.1) is 0 Å². The second-order valence-corrected chi connectivity index (χ2v) is 5.76. The summed E-state index contributed by atoms with van der Waals surface area (Å²) in [5.41, 5.74) is 1.11. The van der Waals surface area contributed by atoms with E-state index in [0.29, 0.717) is 6.42 Å². The highest BCUT2D eigenvalue weighted by atomic mass is 16.3. The summed E-state index contributed by atoms with van der Waals surface area (Å²) in [6, 6.07) is 8.08. The molecular weight excluding hydrogens is 276 g/mol. The van der Waals surface area contributed by atoms with Crippen LogP contribution in [-0.2, 0) is 17.6 Å². The average Bonchev–Trinajstić information content (AvgIpc) is 3.21. The molecule has 0 spiro atoms. The average molecular weight is 298 g/mol. The van der Waals surface area contributed by atoms with Gasteiger partial charge in [-0.05, 0) is 43.0 Å². The zero-order chi connectivity index (χ0) is 15.4. The first-order valence-corrected chi connectivity index (χ1v) is 8.05. The highest BCUT2D eigenvalue weighted by molar-refractivity contribution is 5.77. The highest BCUT2D eigenvalue weighted by Crippen LogP contribution is 2.33. The molecule has 0 aromatic carbocycles. The lowest BCUT2D eigenvalue weighted by Gasteiger charge is -2.23. The van der Waals surface area contributed by atoms with Crippen LogP contribution in [0.1, 0.15) is 49.3 Å². The smallest absolute Gasteiger partial charge is 0.223 e. The van der Waals surface area contributed by atoms with Crippen LogP contribution in [0.15, 0.2) is 41.1 Å². The summed E-state index contributed by atoms with van der Waals surface area (Å²) >= 11 is 0. The van der Waals surface area contributed by atoms with Gasteiger partial charge in [-0.1, -0.05) is 13.0 Å². The molecule has 116 valence electrons. The van der Waals surface area contributed by atoms with Crippen LogP contribution in [-0.4, -0.2) is 22.3 Å². The monoisotopic (exact) mass is 298 g/mol. The van der Waals surface area contributed by atoms with E-state index < -0.39 is 0 Å². The van der Waals surface area contributed by atoms with Crippen LogP contribution in [0.2, 0.25) is 0 Å². The molecule has 1 amide bonds. The summed E-state index contributed by atoms with van der Waals surface area (Å²) in [6.07, 6.45) is 7.79. The molecule has 1 fully saturated rings. The summed E-state index contributed by atoms with van der Waals surface area (Å²) in [4.78, 5) is 18.6. The number of aryl methyl sites for hydroxylation is 2. The number of amides is 1. The first-order valence-electron chi connectivity index (χ1n) is 8.05. The van der Waals surface area contributed by atoms with Crippen LogP contribution in [0.5, 0.6) is 0 Å². The van der Waals surface area contributed by atoms with E-state index in [9.17, 15) is 4.79 Å². The number of furan rings is 1. The molecule has 1 aliphatic rings. The van der Waals surface area contributed by atoms with Gasteiger partial charge in [-0.2, -0.15) is 0 Å². The van der Waals surface area contributed by atoms with E-state index in [0.717, 1.165) is 49.3 Å². The molecule has 0 radical (unpaired) electrons. The Kier molecular flexibility index (Phi) is 4.56. The van der Waals surface area contributed by atoms with Crippen LogP contribution < -0.4 is 0 Å². The molecule has 0 bridgehead atoms. The van der Waals surface area contributed by atoms with Gasteiger partial charge in [0.2, 0.25) is 5.91 Å². The third-order valence-corrected chi connectivity index (χ3v) is 4.28. The molecule has 0 unspecified atom stereocenters. The van der Waals surface area contributed by atoms with Crippen molar-refractivity contribution in [2.45, 2.75) is 45.1 Å². The third kappa shape index (κ3) is 3.21. The van der Waals surface area contributed by atoms with Crippen molar-refractivity contribution in [3.05, 3.63) is 53.7 Å². The van der Waals surface area contributed by atoms with Crippen LogP contribution in [0.3, 0.4) is 0 Å². The van der Waals surface area contributed by atoms with E-state index >= 15 is 0 Å². The number of hydrogen-bond donors (Lipinski definition) is 0. The fourth-order valence-corrected chi connectivity index (χ4v) is 3.07. The predicted octanol–water partition coefficient (Wildman–Crippen LogP) is 3.53. The maximum absolute atomic E-state index is 12.5. The third-order valence-electron chi connectivity index (χ3n) is 4.28. The first-order chi connectivity index (χ1) is 10.8. The minimum Gasteiger partial charge on any atom is -0.464 e. The van der Waals surface area contributed by atoms with Crippen molar-refractivity contribution in [2.75, 3.05) is 6.54 Å². The normalized spacial score (nSPS) is 17.9. The second-order valence-electron chi connectivity index (χ2n) is 5.76. The molecule has 0 aliphatic carbocycles. The van der Waals surface area contributed by atoms with E-state index in [-0.39, 0.29) is 11.9 Å². The van der Waals surface area contributed by atoms with Crippen molar-refractivity contribution >= 4 is 5.91 Å². The van der Waals surface area contributed by atoms with Gasteiger partial charge in [-0.15, -0.1) is 0 Å². The zero-order valence-corrected chi connectivity index (χ0v) is 13.0. The molecule has 3 heterocycles. The maximum Gasteiger partial charge on any atom is 0.223 e. The van der Waals surface area contributed by atoms with Gasteiger partial charge in [-0.3, -0.25) is 9.78 Å². The summed E-state index contributed by atoms with van der Waals surface area (Å²) < 4.78 is 5.86. The number of likely N-dealkylation sites (tertiary alicyclic amines) is 1. The minimum atomic E-state index is 0.113. The molecule has 1 aliphatic heterocycles. The lowest BCUT2D eigenvalue weighted by Crippen LogP contribution is -2.30. The quantitative estimate of drug-likeness (QED) is 0.848. The molecule has 0 saturated carbocycles. The number of aromatic nitrogens is 1. The van der Waals surface area contributed by atoms with Gasteiger partial charge in [0.1, 0.15) is 11.5 Å². The Bertz CT molecular complexity index is 621. The van der Waals surface area contributed by atoms with Crippen molar-refractivity contribution in [3.8, 4) is 0 Å². The molecular formula is C18H22N2O2.